The van der Waals surface area contributed by atoms with Gasteiger partial charge in [0.25, 0.3) is 5.97 Å². The first-order valence-corrected chi connectivity index (χ1v) is 6.57. The number of hydrogen-bond donors (Lipinski definition) is 0. The smallest absolute Gasteiger partial charge is 0.319 e. The zero-order chi connectivity index (χ0) is 12.6. The van der Waals surface area contributed by atoms with Gasteiger partial charge in [0.1, 0.15) is 0 Å². The summed E-state index contributed by atoms with van der Waals surface area (Å²) in [7, 11) is 3.59. The summed E-state index contributed by atoms with van der Waals surface area (Å²) in [4.78, 5) is 11.1. The van der Waals surface area contributed by atoms with E-state index in [2.05, 4.69) is 6.58 Å². The molecule has 0 N–H and O–H groups in total. The first kappa shape index (κ1) is 15.3. The van der Waals surface area contributed by atoms with E-state index in [1.807, 2.05) is 0 Å². The van der Waals surface area contributed by atoms with Crippen LogP contribution >= 0.6 is 0 Å². The van der Waals surface area contributed by atoms with Crippen molar-refractivity contribution in [3.63, 3.8) is 0 Å². The summed E-state index contributed by atoms with van der Waals surface area (Å²) < 4.78 is 20.4. The van der Waals surface area contributed by atoms with Gasteiger partial charge in [-0.05, 0) is 13.0 Å². The van der Waals surface area contributed by atoms with Gasteiger partial charge in [-0.3, -0.25) is 0 Å². The molecule has 0 saturated carbocycles. The summed E-state index contributed by atoms with van der Waals surface area (Å²) in [5, 5.41) is 0. The molecule has 0 aliphatic heterocycles. The van der Waals surface area contributed by atoms with Crippen molar-refractivity contribution in [3.8, 4) is 0 Å². The Morgan fingerprint density at radius 1 is 1.25 bits per heavy atom. The lowest BCUT2D eigenvalue weighted by Crippen LogP contribution is -2.36. The average Bonchev–Trinajstić information content (AvgIpc) is 2.30. The molecule has 0 bridgehead atoms. The third-order valence-electron chi connectivity index (χ3n) is 2.14. The lowest BCUT2D eigenvalue weighted by atomic mass is 10.4. The normalized spacial score (nSPS) is 12.0. The second kappa shape index (κ2) is 7.56. The van der Waals surface area contributed by atoms with Crippen molar-refractivity contribution in [3.05, 3.63) is 12.2 Å². The molecule has 0 aliphatic rings. The number of rotatable bonds is 8. The number of hydrogen-bond acceptors (Lipinski definition) is 5. The van der Waals surface area contributed by atoms with Crippen molar-refractivity contribution in [2.75, 3.05) is 21.3 Å². The van der Waals surface area contributed by atoms with E-state index in [-0.39, 0.29) is 5.97 Å². The molecule has 0 radical (unpaired) electrons. The summed E-state index contributed by atoms with van der Waals surface area (Å²) in [6.45, 7) is 5.13. The van der Waals surface area contributed by atoms with Crippen molar-refractivity contribution in [2.24, 2.45) is 0 Å². The minimum Gasteiger partial charge on any atom is -0.522 e. The van der Waals surface area contributed by atoms with Gasteiger partial charge < -0.3 is 18.6 Å². The molecular weight excluding hydrogens is 228 g/mol. The van der Waals surface area contributed by atoms with Crippen LogP contribution in [0, 0.1) is 0 Å². The Kier molecular flexibility index (Phi) is 7.23. The van der Waals surface area contributed by atoms with Gasteiger partial charge in [-0.25, -0.2) is 4.79 Å². The van der Waals surface area contributed by atoms with E-state index in [1.54, 1.807) is 6.92 Å². The van der Waals surface area contributed by atoms with Crippen LogP contribution in [0.5, 0.6) is 0 Å². The standard InChI is InChI=1S/C10H20O5Si/c1-8(2)9(11)15-16-7-6-10(12-3,13-4)14-5/h1,6-7,16H2,2-5H3. The van der Waals surface area contributed by atoms with Crippen molar-refractivity contribution >= 4 is 15.7 Å². The Bertz CT molecular complexity index is 229. The molecule has 0 aliphatic carbocycles. The van der Waals surface area contributed by atoms with E-state index >= 15 is 0 Å². The Morgan fingerprint density at radius 3 is 2.12 bits per heavy atom. The number of ether oxygens (including phenoxy) is 3. The second-order valence-corrected chi connectivity index (χ2v) is 4.72. The van der Waals surface area contributed by atoms with Gasteiger partial charge in [0, 0.05) is 33.3 Å². The zero-order valence-electron chi connectivity index (χ0n) is 10.4. The zero-order valence-corrected chi connectivity index (χ0v) is 11.8. The Labute approximate surface area is 98.6 Å². The van der Waals surface area contributed by atoms with E-state index in [0.717, 1.165) is 0 Å². The molecule has 0 unspecified atom stereocenters. The van der Waals surface area contributed by atoms with E-state index in [4.69, 9.17) is 18.6 Å². The highest BCUT2D eigenvalue weighted by Crippen LogP contribution is 2.19. The van der Waals surface area contributed by atoms with Crippen molar-refractivity contribution in [1.29, 1.82) is 0 Å². The lowest BCUT2D eigenvalue weighted by molar-refractivity contribution is -0.352. The monoisotopic (exact) mass is 248 g/mol. The molecular formula is C10H20O5Si. The van der Waals surface area contributed by atoms with Crippen LogP contribution < -0.4 is 0 Å². The Hall–Kier alpha value is -0.693. The molecule has 0 fully saturated rings. The fraction of sp³-hybridized carbons (Fsp3) is 0.700. The van der Waals surface area contributed by atoms with E-state index in [0.29, 0.717) is 18.0 Å². The van der Waals surface area contributed by atoms with E-state index in [1.165, 1.54) is 21.3 Å². The Morgan fingerprint density at radius 2 is 1.75 bits per heavy atom. The molecule has 0 saturated heterocycles. The molecule has 5 nitrogen and oxygen atoms in total. The largest absolute Gasteiger partial charge is 0.522 e. The van der Waals surface area contributed by atoms with Gasteiger partial charge in [0.15, 0.2) is 0 Å². The van der Waals surface area contributed by atoms with Crippen LogP contribution in [0.2, 0.25) is 6.04 Å². The third kappa shape index (κ3) is 4.89. The van der Waals surface area contributed by atoms with Gasteiger partial charge in [-0.1, -0.05) is 6.58 Å². The van der Waals surface area contributed by atoms with Crippen molar-refractivity contribution < 1.29 is 23.4 Å². The molecule has 0 spiro atoms. The molecule has 0 aromatic carbocycles. The highest BCUT2D eigenvalue weighted by molar-refractivity contribution is 6.31. The number of methoxy groups -OCH3 is 3. The molecule has 0 amide bonds. The minimum absolute atomic E-state index is 0.329. The average molecular weight is 248 g/mol. The van der Waals surface area contributed by atoms with Crippen LogP contribution in [-0.4, -0.2) is 43.0 Å². The highest BCUT2D eigenvalue weighted by atomic mass is 28.2. The third-order valence-corrected chi connectivity index (χ3v) is 3.25. The summed E-state index contributed by atoms with van der Waals surface area (Å²) in [5.74, 6) is -1.35. The predicted molar refractivity (Wildman–Crippen MR) is 62.6 cm³/mol. The molecule has 94 valence electrons. The maximum atomic E-state index is 11.1. The summed E-state index contributed by atoms with van der Waals surface area (Å²) in [6, 6.07) is 0.717. The number of carbonyl (C=O) groups excluding carboxylic acids is 1. The van der Waals surface area contributed by atoms with Crippen LogP contribution in [0.25, 0.3) is 0 Å². The second-order valence-electron chi connectivity index (χ2n) is 3.32. The maximum Gasteiger partial charge on any atom is 0.319 e. The quantitative estimate of drug-likeness (QED) is 0.272. The molecule has 0 aromatic heterocycles. The number of carbonyl (C=O) groups is 1. The van der Waals surface area contributed by atoms with Gasteiger partial charge in [-0.2, -0.15) is 0 Å². The molecule has 0 rings (SSSR count). The lowest BCUT2D eigenvalue weighted by Gasteiger charge is -2.28. The highest BCUT2D eigenvalue weighted by Gasteiger charge is 2.28. The van der Waals surface area contributed by atoms with E-state index < -0.39 is 15.7 Å². The SMILES string of the molecule is C=C(C)C(=O)O[SiH2]CCC(OC)(OC)OC. The molecule has 6 heteroatoms. The fourth-order valence-corrected chi connectivity index (χ4v) is 2.29. The molecule has 0 heterocycles. The Balaban J connectivity index is 3.88. The van der Waals surface area contributed by atoms with Gasteiger partial charge in [0.2, 0.25) is 9.76 Å². The summed E-state index contributed by atoms with van der Waals surface area (Å²) in [6.07, 6.45) is 0.534. The van der Waals surface area contributed by atoms with E-state index in [9.17, 15) is 4.79 Å². The van der Waals surface area contributed by atoms with Gasteiger partial charge in [-0.15, -0.1) is 0 Å². The maximum absolute atomic E-state index is 11.1. The van der Waals surface area contributed by atoms with Gasteiger partial charge >= 0.3 is 5.97 Å². The fourth-order valence-electron chi connectivity index (χ4n) is 1.13. The topological polar surface area (TPSA) is 54.0 Å². The first-order valence-electron chi connectivity index (χ1n) is 4.99. The molecule has 0 atom stereocenters. The van der Waals surface area contributed by atoms with Crippen LogP contribution in [0.3, 0.4) is 0 Å². The van der Waals surface area contributed by atoms with Gasteiger partial charge in [0.05, 0.1) is 0 Å². The molecule has 0 aromatic rings. The molecule has 16 heavy (non-hydrogen) atoms. The van der Waals surface area contributed by atoms with Crippen LogP contribution in [0.1, 0.15) is 13.3 Å². The van der Waals surface area contributed by atoms with Crippen molar-refractivity contribution in [1.82, 2.24) is 0 Å². The minimum atomic E-state index is -1.03. The van der Waals surface area contributed by atoms with Crippen LogP contribution in [0.4, 0.5) is 0 Å². The van der Waals surface area contributed by atoms with Crippen LogP contribution in [-0.2, 0) is 23.4 Å². The van der Waals surface area contributed by atoms with Crippen molar-refractivity contribution in [2.45, 2.75) is 25.4 Å². The summed E-state index contributed by atoms with van der Waals surface area (Å²) in [5.41, 5.74) is 0.420. The summed E-state index contributed by atoms with van der Waals surface area (Å²) >= 11 is 0. The predicted octanol–water partition coefficient (Wildman–Crippen LogP) is 0.591. The van der Waals surface area contributed by atoms with Crippen LogP contribution in [0.15, 0.2) is 12.2 Å². The first-order chi connectivity index (χ1) is 7.51.